The van der Waals surface area contributed by atoms with E-state index in [4.69, 9.17) is 4.74 Å². The lowest BCUT2D eigenvalue weighted by Crippen LogP contribution is -2.41. The summed E-state index contributed by atoms with van der Waals surface area (Å²) in [6.07, 6.45) is 6.86. The number of anilines is 1. The standard InChI is InChI=1S/C19H18N4O3/c1-23-9-19-6-5-14(26-19)15(16(19)18(23)25)17(24)22-12-4-2-3-11(7-12)13-8-20-10-21-13/h2-8,10,14-16H,9H2,1H3,(H,20,21)(H,22,24)/t14?,15?,16?,19-/m0/s1. The monoisotopic (exact) mass is 350 g/mol. The van der Waals surface area contributed by atoms with E-state index < -0.39 is 17.4 Å². The van der Waals surface area contributed by atoms with Crippen molar-refractivity contribution in [2.24, 2.45) is 11.8 Å². The first-order chi connectivity index (χ1) is 12.6. The lowest BCUT2D eigenvalue weighted by molar-refractivity contribution is -0.134. The number of rotatable bonds is 3. The number of ether oxygens (including phenoxy) is 1. The maximum absolute atomic E-state index is 13.0. The molecule has 0 saturated carbocycles. The number of aromatic amines is 1. The van der Waals surface area contributed by atoms with Crippen molar-refractivity contribution in [1.82, 2.24) is 14.9 Å². The van der Waals surface area contributed by atoms with Gasteiger partial charge >= 0.3 is 0 Å². The third-order valence-electron chi connectivity index (χ3n) is 5.53. The first-order valence-electron chi connectivity index (χ1n) is 8.59. The zero-order valence-corrected chi connectivity index (χ0v) is 14.2. The Hall–Kier alpha value is -2.93. The molecular weight excluding hydrogens is 332 g/mol. The fourth-order valence-corrected chi connectivity index (χ4v) is 4.39. The number of imidazole rings is 1. The number of aromatic nitrogens is 2. The Kier molecular flexibility index (Phi) is 3.12. The number of hydrogen-bond donors (Lipinski definition) is 2. The molecule has 1 aromatic carbocycles. The van der Waals surface area contributed by atoms with E-state index in [1.165, 1.54) is 0 Å². The van der Waals surface area contributed by atoms with Crippen molar-refractivity contribution in [3.63, 3.8) is 0 Å². The Balaban J connectivity index is 1.41. The highest BCUT2D eigenvalue weighted by molar-refractivity contribution is 5.99. The molecule has 5 rings (SSSR count). The van der Waals surface area contributed by atoms with Crippen LogP contribution in [0.15, 0.2) is 48.9 Å². The molecule has 26 heavy (non-hydrogen) atoms. The molecule has 0 radical (unpaired) electrons. The summed E-state index contributed by atoms with van der Waals surface area (Å²) in [6.45, 7) is 0.503. The number of carbonyl (C=O) groups excluding carboxylic acids is 2. The number of amides is 2. The minimum atomic E-state index is -0.643. The maximum Gasteiger partial charge on any atom is 0.231 e. The molecule has 2 bridgehead atoms. The number of carbonyl (C=O) groups is 2. The molecular formula is C19H18N4O3. The van der Waals surface area contributed by atoms with Crippen molar-refractivity contribution in [2.75, 3.05) is 18.9 Å². The minimum Gasteiger partial charge on any atom is -0.360 e. The van der Waals surface area contributed by atoms with Crippen molar-refractivity contribution >= 4 is 17.5 Å². The van der Waals surface area contributed by atoms with Crippen molar-refractivity contribution in [1.29, 1.82) is 0 Å². The second kappa shape index (κ2) is 5.28. The molecule has 7 nitrogen and oxygen atoms in total. The summed E-state index contributed by atoms with van der Waals surface area (Å²) in [5.74, 6) is -1.16. The smallest absolute Gasteiger partial charge is 0.231 e. The highest BCUT2D eigenvalue weighted by atomic mass is 16.5. The molecule has 1 aromatic heterocycles. The number of benzene rings is 1. The second-order valence-corrected chi connectivity index (χ2v) is 7.13. The number of H-pyrrole nitrogens is 1. The van der Waals surface area contributed by atoms with Gasteiger partial charge in [-0.1, -0.05) is 24.3 Å². The summed E-state index contributed by atoms with van der Waals surface area (Å²) in [4.78, 5) is 34.3. The SMILES string of the molecule is CN1C[C@]23C=CC(O2)C(C(=O)Nc2cccc(-c4cnc[nH]4)c2)C3C1=O. The van der Waals surface area contributed by atoms with E-state index in [2.05, 4.69) is 15.3 Å². The normalized spacial score (nSPS) is 31.5. The van der Waals surface area contributed by atoms with Gasteiger partial charge in [-0.2, -0.15) is 0 Å². The van der Waals surface area contributed by atoms with Gasteiger partial charge in [0, 0.05) is 18.3 Å². The number of likely N-dealkylation sites (N-methyl/N-ethyl adjacent to an activating group) is 1. The molecule has 1 spiro atoms. The van der Waals surface area contributed by atoms with Crippen molar-refractivity contribution in [3.05, 3.63) is 48.9 Å². The second-order valence-electron chi connectivity index (χ2n) is 7.13. The van der Waals surface area contributed by atoms with E-state index in [0.717, 1.165) is 11.3 Å². The van der Waals surface area contributed by atoms with Gasteiger partial charge in [0.25, 0.3) is 0 Å². The summed E-state index contributed by atoms with van der Waals surface area (Å²) in [5.41, 5.74) is 1.84. The number of nitrogens with zero attached hydrogens (tertiary/aromatic N) is 2. The lowest BCUT2D eigenvalue weighted by atomic mass is 9.77. The molecule has 3 unspecified atom stereocenters. The Morgan fingerprint density at radius 2 is 2.35 bits per heavy atom. The molecule has 2 N–H and O–H groups in total. The van der Waals surface area contributed by atoms with E-state index in [0.29, 0.717) is 12.2 Å². The van der Waals surface area contributed by atoms with Crippen LogP contribution in [0.5, 0.6) is 0 Å². The molecule has 4 heterocycles. The first kappa shape index (κ1) is 15.3. The highest BCUT2D eigenvalue weighted by Crippen LogP contribution is 2.51. The van der Waals surface area contributed by atoms with Crippen LogP contribution in [-0.2, 0) is 14.3 Å². The number of hydrogen-bond acceptors (Lipinski definition) is 4. The van der Waals surface area contributed by atoms with Crippen molar-refractivity contribution < 1.29 is 14.3 Å². The van der Waals surface area contributed by atoms with E-state index in [1.54, 1.807) is 24.5 Å². The van der Waals surface area contributed by atoms with Gasteiger partial charge in [-0.25, -0.2) is 4.98 Å². The van der Waals surface area contributed by atoms with E-state index in [9.17, 15) is 9.59 Å². The van der Waals surface area contributed by atoms with E-state index in [-0.39, 0.29) is 17.9 Å². The molecule has 3 aliphatic heterocycles. The molecule has 2 fully saturated rings. The highest BCUT2D eigenvalue weighted by Gasteiger charge is 2.66. The maximum atomic E-state index is 13.0. The van der Waals surface area contributed by atoms with Gasteiger partial charge < -0.3 is 19.9 Å². The van der Waals surface area contributed by atoms with Crippen LogP contribution < -0.4 is 5.32 Å². The number of nitrogens with one attached hydrogen (secondary N) is 2. The number of fused-ring (bicyclic) bond motifs is 1. The summed E-state index contributed by atoms with van der Waals surface area (Å²) >= 11 is 0. The van der Waals surface area contributed by atoms with Crippen LogP contribution in [-0.4, -0.2) is 52.0 Å². The van der Waals surface area contributed by atoms with Gasteiger partial charge in [0.2, 0.25) is 11.8 Å². The largest absolute Gasteiger partial charge is 0.360 e. The summed E-state index contributed by atoms with van der Waals surface area (Å²) in [6, 6.07) is 7.53. The van der Waals surface area contributed by atoms with Crippen LogP contribution in [0.3, 0.4) is 0 Å². The van der Waals surface area contributed by atoms with Crippen molar-refractivity contribution in [2.45, 2.75) is 11.7 Å². The first-order valence-corrected chi connectivity index (χ1v) is 8.59. The molecule has 0 aliphatic carbocycles. The molecule has 2 amide bonds. The van der Waals surface area contributed by atoms with Crippen molar-refractivity contribution in [3.8, 4) is 11.3 Å². The quantitative estimate of drug-likeness (QED) is 0.820. The van der Waals surface area contributed by atoms with Crippen LogP contribution >= 0.6 is 0 Å². The van der Waals surface area contributed by atoms with Gasteiger partial charge in [0.15, 0.2) is 0 Å². The zero-order chi connectivity index (χ0) is 17.9. The predicted molar refractivity (Wildman–Crippen MR) is 94.0 cm³/mol. The third kappa shape index (κ3) is 2.07. The summed E-state index contributed by atoms with van der Waals surface area (Å²) < 4.78 is 6.03. The third-order valence-corrected chi connectivity index (χ3v) is 5.53. The Morgan fingerprint density at radius 3 is 3.15 bits per heavy atom. The molecule has 2 saturated heterocycles. The Labute approximate surface area is 150 Å². The Morgan fingerprint density at radius 1 is 1.46 bits per heavy atom. The van der Waals surface area contributed by atoms with Gasteiger partial charge in [-0.05, 0) is 12.1 Å². The van der Waals surface area contributed by atoms with E-state index >= 15 is 0 Å². The lowest BCUT2D eigenvalue weighted by Gasteiger charge is -2.23. The molecule has 4 atom stereocenters. The van der Waals surface area contributed by atoms with Gasteiger partial charge in [-0.15, -0.1) is 0 Å². The minimum absolute atomic E-state index is 0.0248. The van der Waals surface area contributed by atoms with Crippen LogP contribution in [0.1, 0.15) is 0 Å². The van der Waals surface area contributed by atoms with Crippen LogP contribution in [0.2, 0.25) is 0 Å². The fourth-order valence-electron chi connectivity index (χ4n) is 4.39. The van der Waals surface area contributed by atoms with Crippen LogP contribution in [0.25, 0.3) is 11.3 Å². The predicted octanol–water partition coefficient (Wildman–Crippen LogP) is 1.43. The van der Waals surface area contributed by atoms with Crippen LogP contribution in [0.4, 0.5) is 5.69 Å². The zero-order valence-electron chi connectivity index (χ0n) is 14.2. The fraction of sp³-hybridized carbons (Fsp3) is 0.316. The van der Waals surface area contributed by atoms with E-state index in [1.807, 2.05) is 36.4 Å². The topological polar surface area (TPSA) is 87.3 Å². The molecule has 7 heteroatoms. The average Bonchev–Trinajstić information content (AvgIpc) is 3.38. The molecule has 132 valence electrons. The van der Waals surface area contributed by atoms with Gasteiger partial charge in [0.1, 0.15) is 5.60 Å². The molecule has 2 aromatic rings. The summed E-state index contributed by atoms with van der Waals surface area (Å²) in [7, 11) is 1.75. The number of likely N-dealkylation sites (tertiary alicyclic amines) is 1. The van der Waals surface area contributed by atoms with Crippen LogP contribution in [0, 0.1) is 11.8 Å². The molecule has 3 aliphatic rings. The summed E-state index contributed by atoms with van der Waals surface area (Å²) in [5, 5.41) is 2.96. The van der Waals surface area contributed by atoms with Gasteiger partial charge in [0.05, 0.1) is 42.7 Å². The average molecular weight is 350 g/mol. The Bertz CT molecular complexity index is 923. The van der Waals surface area contributed by atoms with Gasteiger partial charge in [-0.3, -0.25) is 9.59 Å².